The lowest BCUT2D eigenvalue weighted by atomic mass is 9.92. The lowest BCUT2D eigenvalue weighted by Gasteiger charge is -2.36. The van der Waals surface area contributed by atoms with Gasteiger partial charge in [0.2, 0.25) is 0 Å². The van der Waals surface area contributed by atoms with Crippen molar-refractivity contribution in [2.45, 2.75) is 44.2 Å². The fourth-order valence-corrected chi connectivity index (χ4v) is 5.77. The van der Waals surface area contributed by atoms with Crippen LogP contribution in [0.3, 0.4) is 0 Å². The van der Waals surface area contributed by atoms with E-state index in [0.29, 0.717) is 48.0 Å². The predicted molar refractivity (Wildman–Crippen MR) is 154 cm³/mol. The van der Waals surface area contributed by atoms with Crippen LogP contribution in [0.4, 0.5) is 33.6 Å². The molecule has 13 heteroatoms. The first-order chi connectivity index (χ1) is 20.9. The number of aromatic nitrogens is 2. The Hall–Kier alpha value is -4.29. The van der Waals surface area contributed by atoms with Crippen LogP contribution in [0.2, 0.25) is 0 Å². The zero-order chi connectivity index (χ0) is 31.6. The first-order valence-electron chi connectivity index (χ1n) is 14.3. The van der Waals surface area contributed by atoms with Gasteiger partial charge in [-0.1, -0.05) is 12.1 Å². The average Bonchev–Trinajstić information content (AvgIpc) is 3.00. The van der Waals surface area contributed by atoms with Crippen molar-refractivity contribution < 1.29 is 36.3 Å². The van der Waals surface area contributed by atoms with Gasteiger partial charge in [-0.3, -0.25) is 9.59 Å². The molecule has 2 aliphatic heterocycles. The number of rotatable bonds is 7. The summed E-state index contributed by atoms with van der Waals surface area (Å²) in [6.07, 6.45) is -3.99. The number of ketones is 1. The molecule has 3 aromatic rings. The number of anilines is 2. The number of pyridine rings is 2. The molecule has 234 valence electrons. The van der Waals surface area contributed by atoms with Crippen LogP contribution in [0.15, 0.2) is 48.5 Å². The molecule has 1 aromatic carbocycles. The van der Waals surface area contributed by atoms with Crippen molar-refractivity contribution in [3.63, 3.8) is 0 Å². The molecule has 44 heavy (non-hydrogen) atoms. The molecule has 1 atom stereocenters. The van der Waals surface area contributed by atoms with Crippen LogP contribution in [0.1, 0.15) is 52.1 Å². The number of nitrogen functional groups attached to an aromatic ring is 1. The number of nitrogens with zero attached hydrogens (tertiary/aromatic N) is 4. The van der Waals surface area contributed by atoms with Crippen molar-refractivity contribution in [3.8, 4) is 17.0 Å². The van der Waals surface area contributed by atoms with E-state index in [-0.39, 0.29) is 24.9 Å². The van der Waals surface area contributed by atoms with Gasteiger partial charge in [-0.25, -0.2) is 18.7 Å². The average molecular weight is 618 g/mol. The van der Waals surface area contributed by atoms with E-state index in [4.69, 9.17) is 15.5 Å². The number of methoxy groups -OCH3 is 1. The number of para-hydroxylation sites is 1. The minimum Gasteiger partial charge on any atom is -0.496 e. The van der Waals surface area contributed by atoms with Crippen molar-refractivity contribution in [2.75, 3.05) is 43.9 Å². The summed E-state index contributed by atoms with van der Waals surface area (Å²) in [6.45, 7) is 0.890. The Morgan fingerprint density at radius 2 is 1.70 bits per heavy atom. The summed E-state index contributed by atoms with van der Waals surface area (Å²) in [5, 5.41) is 0. The van der Waals surface area contributed by atoms with Crippen molar-refractivity contribution in [3.05, 3.63) is 65.4 Å². The number of alkyl halides is 5. The van der Waals surface area contributed by atoms with E-state index in [9.17, 15) is 31.5 Å². The van der Waals surface area contributed by atoms with Crippen LogP contribution >= 0.6 is 0 Å². The first kappa shape index (κ1) is 31.1. The lowest BCUT2D eigenvalue weighted by Crippen LogP contribution is -2.44. The fourth-order valence-electron chi connectivity index (χ4n) is 5.77. The van der Waals surface area contributed by atoms with E-state index >= 15 is 0 Å². The van der Waals surface area contributed by atoms with Gasteiger partial charge in [0.1, 0.15) is 17.4 Å². The molecule has 2 N–H and O–H groups in total. The minimum atomic E-state index is -5.06. The number of benzene rings is 1. The molecule has 1 amide bonds. The van der Waals surface area contributed by atoms with E-state index in [1.807, 2.05) is 23.1 Å². The van der Waals surface area contributed by atoms with E-state index in [1.165, 1.54) is 11.0 Å². The number of nitrogens with two attached hydrogens (primary N) is 1. The SMILES string of the molecule is COc1ccccc1-c1ccc(C(=O)N2CCC(F)(F)CC2)c(N2CCCC(Cc3ccc(C(=O)C(F)(F)F)c(N)n3)C2)n1. The van der Waals surface area contributed by atoms with Crippen LogP contribution in [0.25, 0.3) is 11.3 Å². The second kappa shape index (κ2) is 12.4. The molecule has 5 rings (SSSR count). The third-order valence-corrected chi connectivity index (χ3v) is 8.07. The second-order valence-corrected chi connectivity index (χ2v) is 11.1. The molecule has 2 fully saturated rings. The highest BCUT2D eigenvalue weighted by Gasteiger charge is 2.41. The quantitative estimate of drug-likeness (QED) is 0.264. The Labute approximate surface area is 251 Å². The molecule has 0 radical (unpaired) electrons. The van der Waals surface area contributed by atoms with Gasteiger partial charge in [-0.05, 0) is 61.6 Å². The van der Waals surface area contributed by atoms with Gasteiger partial charge < -0.3 is 20.3 Å². The Bertz CT molecular complexity index is 1540. The Morgan fingerprint density at radius 1 is 1.00 bits per heavy atom. The normalized spacial score (nSPS) is 18.6. The number of ether oxygens (including phenoxy) is 1. The van der Waals surface area contributed by atoms with E-state index < -0.39 is 42.1 Å². The molecule has 0 aliphatic carbocycles. The zero-order valence-corrected chi connectivity index (χ0v) is 24.0. The monoisotopic (exact) mass is 617 g/mol. The van der Waals surface area contributed by atoms with E-state index in [2.05, 4.69) is 4.98 Å². The number of piperidine rings is 2. The third-order valence-electron chi connectivity index (χ3n) is 8.07. The van der Waals surface area contributed by atoms with Crippen molar-refractivity contribution >= 4 is 23.3 Å². The largest absolute Gasteiger partial charge is 0.496 e. The topological polar surface area (TPSA) is 102 Å². The molecular formula is C31H32F5N5O3. The number of carbonyl (C=O) groups excluding carboxylic acids is 2. The van der Waals surface area contributed by atoms with Gasteiger partial charge in [0.15, 0.2) is 0 Å². The summed E-state index contributed by atoms with van der Waals surface area (Å²) in [5.41, 5.74) is 7.06. The number of hydrogen-bond acceptors (Lipinski definition) is 7. The summed E-state index contributed by atoms with van der Waals surface area (Å²) >= 11 is 0. The number of hydrogen-bond donors (Lipinski definition) is 1. The Kier molecular flexibility index (Phi) is 8.76. The molecular weight excluding hydrogens is 585 g/mol. The van der Waals surface area contributed by atoms with Crippen LogP contribution in [-0.4, -0.2) is 71.9 Å². The fraction of sp³-hybridized carbons (Fsp3) is 0.419. The Morgan fingerprint density at radius 3 is 2.39 bits per heavy atom. The van der Waals surface area contributed by atoms with Crippen molar-refractivity contribution in [1.29, 1.82) is 0 Å². The molecule has 4 heterocycles. The first-order valence-corrected chi connectivity index (χ1v) is 14.3. The number of carbonyl (C=O) groups is 2. The number of halogens is 5. The van der Waals surface area contributed by atoms with Gasteiger partial charge in [-0.2, -0.15) is 13.2 Å². The molecule has 2 aliphatic rings. The summed E-state index contributed by atoms with van der Waals surface area (Å²) in [7, 11) is 1.55. The second-order valence-electron chi connectivity index (χ2n) is 11.1. The highest BCUT2D eigenvalue weighted by atomic mass is 19.4. The maximum Gasteiger partial charge on any atom is 0.455 e. The van der Waals surface area contributed by atoms with E-state index in [1.54, 1.807) is 25.3 Å². The predicted octanol–water partition coefficient (Wildman–Crippen LogP) is 5.81. The van der Waals surface area contributed by atoms with E-state index in [0.717, 1.165) is 24.5 Å². The summed E-state index contributed by atoms with van der Waals surface area (Å²) < 4.78 is 71.9. The highest BCUT2D eigenvalue weighted by Crippen LogP contribution is 2.35. The summed E-state index contributed by atoms with van der Waals surface area (Å²) in [4.78, 5) is 37.7. The van der Waals surface area contributed by atoms with Crippen LogP contribution < -0.4 is 15.4 Å². The lowest BCUT2D eigenvalue weighted by molar-refractivity contribution is -0.0885. The number of likely N-dealkylation sites (tertiary alicyclic amines) is 1. The van der Waals surface area contributed by atoms with Crippen molar-refractivity contribution in [1.82, 2.24) is 14.9 Å². The standard InChI is InChI=1S/C31H32F5N5O3/c1-44-25-7-3-2-6-21(25)24-11-10-23(29(43)40-15-12-30(32,33)13-16-40)28(39-24)41-14-4-5-19(18-41)17-20-8-9-22(27(37)38-20)26(42)31(34,35)36/h2-3,6-11,19H,4-5,12-18H2,1H3,(H2,37,38). The molecule has 0 spiro atoms. The Balaban J connectivity index is 1.43. The summed E-state index contributed by atoms with van der Waals surface area (Å²) in [5.74, 6) is -4.72. The zero-order valence-electron chi connectivity index (χ0n) is 24.0. The third kappa shape index (κ3) is 6.76. The molecule has 8 nitrogen and oxygen atoms in total. The minimum absolute atomic E-state index is 0.0202. The van der Waals surface area contributed by atoms with Crippen LogP contribution in [0.5, 0.6) is 5.75 Å². The molecule has 2 aromatic heterocycles. The number of amides is 1. The molecule has 0 saturated carbocycles. The van der Waals surface area contributed by atoms with Gasteiger partial charge in [0.25, 0.3) is 17.6 Å². The van der Waals surface area contributed by atoms with Gasteiger partial charge >= 0.3 is 6.18 Å². The molecule has 1 unspecified atom stereocenters. The molecule has 2 saturated heterocycles. The maximum absolute atomic E-state index is 13.8. The van der Waals surface area contributed by atoms with Crippen LogP contribution in [-0.2, 0) is 6.42 Å². The summed E-state index contributed by atoms with van der Waals surface area (Å²) in [6, 6.07) is 13.1. The smallest absolute Gasteiger partial charge is 0.455 e. The number of Topliss-reactive ketones (excluding diaryl/α,β-unsaturated/α-hetero) is 1. The van der Waals surface area contributed by atoms with Gasteiger partial charge in [-0.15, -0.1) is 0 Å². The molecule has 0 bridgehead atoms. The van der Waals surface area contributed by atoms with Gasteiger partial charge in [0.05, 0.1) is 23.9 Å². The van der Waals surface area contributed by atoms with Crippen molar-refractivity contribution in [2.24, 2.45) is 5.92 Å². The van der Waals surface area contributed by atoms with Crippen LogP contribution in [0, 0.1) is 5.92 Å². The highest BCUT2D eigenvalue weighted by molar-refractivity contribution is 6.03. The van der Waals surface area contributed by atoms with Gasteiger partial charge in [0, 0.05) is 50.3 Å². The maximum atomic E-state index is 13.8.